The van der Waals surface area contributed by atoms with Gasteiger partial charge in [-0.3, -0.25) is 9.59 Å². The number of hydrogen-bond acceptors (Lipinski definition) is 3. The summed E-state index contributed by atoms with van der Waals surface area (Å²) in [6, 6.07) is 0. The van der Waals surface area contributed by atoms with E-state index in [1.54, 1.807) is 6.08 Å². The molecule has 0 amide bonds. The maximum Gasteiger partial charge on any atom is 0.224 e. The van der Waals surface area contributed by atoms with Crippen LogP contribution in [0.2, 0.25) is 0 Å². The monoisotopic (exact) mass is 314 g/mol. The highest BCUT2D eigenvalue weighted by Crippen LogP contribution is 2.44. The van der Waals surface area contributed by atoms with Crippen molar-refractivity contribution in [1.82, 2.24) is 0 Å². The van der Waals surface area contributed by atoms with Crippen LogP contribution in [0.25, 0.3) is 0 Å². The van der Waals surface area contributed by atoms with Gasteiger partial charge in [-0.1, -0.05) is 31.4 Å². The normalized spacial score (nSPS) is 30.3. The molecule has 0 fully saturated rings. The second-order valence-corrected chi connectivity index (χ2v) is 7.13. The van der Waals surface area contributed by atoms with E-state index in [2.05, 4.69) is 19.9 Å². The summed E-state index contributed by atoms with van der Waals surface area (Å²) in [7, 11) is 0. The first-order chi connectivity index (χ1) is 11.0. The molecule has 3 aliphatic rings. The molecule has 3 rings (SSSR count). The average Bonchev–Trinajstić information content (AvgIpc) is 2.51. The van der Waals surface area contributed by atoms with E-state index in [-0.39, 0.29) is 23.6 Å². The van der Waals surface area contributed by atoms with Gasteiger partial charge in [0.2, 0.25) is 5.78 Å². The first-order valence-electron chi connectivity index (χ1n) is 8.90. The first-order valence-corrected chi connectivity index (χ1v) is 8.90. The van der Waals surface area contributed by atoms with Gasteiger partial charge in [0.25, 0.3) is 0 Å². The molecule has 3 heteroatoms. The van der Waals surface area contributed by atoms with Crippen molar-refractivity contribution in [2.45, 2.75) is 65.4 Å². The Kier molecular flexibility index (Phi) is 4.56. The van der Waals surface area contributed by atoms with Crippen LogP contribution in [0.5, 0.6) is 0 Å². The maximum absolute atomic E-state index is 12.8. The quantitative estimate of drug-likeness (QED) is 0.442. The Labute approximate surface area is 138 Å². The molecule has 0 N–H and O–H groups in total. The molecule has 1 aliphatic heterocycles. The molecule has 0 aromatic rings. The van der Waals surface area contributed by atoms with Crippen LogP contribution in [0, 0.1) is 11.8 Å². The molecule has 0 saturated carbocycles. The lowest BCUT2D eigenvalue weighted by Gasteiger charge is -2.41. The summed E-state index contributed by atoms with van der Waals surface area (Å²) in [5, 5.41) is 0. The number of allylic oxidation sites excluding steroid dienone is 5. The summed E-state index contributed by atoms with van der Waals surface area (Å²) in [6.45, 7) is 6.27. The van der Waals surface area contributed by atoms with Gasteiger partial charge in [0.1, 0.15) is 0 Å². The highest BCUT2D eigenvalue weighted by molar-refractivity contribution is 6.22. The van der Waals surface area contributed by atoms with Gasteiger partial charge in [0.05, 0.1) is 11.7 Å². The molecular weight excluding hydrogens is 288 g/mol. The first kappa shape index (κ1) is 16.2. The molecule has 2 aliphatic carbocycles. The number of rotatable bonds is 4. The van der Waals surface area contributed by atoms with Gasteiger partial charge in [-0.05, 0) is 45.6 Å². The van der Waals surface area contributed by atoms with Gasteiger partial charge < -0.3 is 4.74 Å². The van der Waals surface area contributed by atoms with E-state index in [1.165, 1.54) is 5.57 Å². The van der Waals surface area contributed by atoms with Gasteiger partial charge in [-0.2, -0.15) is 0 Å². The minimum atomic E-state index is -0.0578. The van der Waals surface area contributed by atoms with Crippen LogP contribution in [0.1, 0.15) is 59.3 Å². The van der Waals surface area contributed by atoms with Crippen molar-refractivity contribution in [3.05, 3.63) is 34.6 Å². The minimum Gasteiger partial charge on any atom is -0.486 e. The smallest absolute Gasteiger partial charge is 0.224 e. The molecule has 124 valence electrons. The lowest BCUT2D eigenvalue weighted by atomic mass is 9.70. The fraction of sp³-hybridized carbons (Fsp3) is 0.600. The number of carbonyl (C=O) groups excluding carboxylic acids is 2. The number of ether oxygens (including phenoxy) is 1. The van der Waals surface area contributed by atoms with Crippen molar-refractivity contribution in [2.75, 3.05) is 0 Å². The molecule has 1 unspecified atom stereocenters. The van der Waals surface area contributed by atoms with E-state index in [9.17, 15) is 9.59 Å². The van der Waals surface area contributed by atoms with Crippen LogP contribution in [-0.4, -0.2) is 17.7 Å². The molecule has 3 atom stereocenters. The SMILES string of the molecule is CCCCCC1=CC(=O)C2=C(OC(C)[C@@H]3CCC(C)=C[C@@H]23)C1=O. The van der Waals surface area contributed by atoms with Crippen LogP contribution in [0.4, 0.5) is 0 Å². The molecule has 0 bridgehead atoms. The zero-order chi connectivity index (χ0) is 16.6. The molecule has 0 radical (unpaired) electrons. The van der Waals surface area contributed by atoms with Crippen LogP contribution in [-0.2, 0) is 14.3 Å². The van der Waals surface area contributed by atoms with Crippen molar-refractivity contribution >= 4 is 11.6 Å². The molecule has 23 heavy (non-hydrogen) atoms. The standard InChI is InChI=1S/C20H26O3/c1-4-5-6-7-14-11-17(21)18-16-10-12(2)8-9-15(16)13(3)23-20(18)19(14)22/h10-11,13,15-16H,4-9H2,1-3H3/t13?,15-,16+/m0/s1. The number of Topliss-reactive ketones (excluding diaryl/α,β-unsaturated/α-hetero) is 1. The molecule has 0 aromatic heterocycles. The minimum absolute atomic E-state index is 0.00478. The highest BCUT2D eigenvalue weighted by Gasteiger charge is 2.44. The van der Waals surface area contributed by atoms with Gasteiger partial charge in [0.15, 0.2) is 11.5 Å². The lowest BCUT2D eigenvalue weighted by molar-refractivity contribution is -0.122. The van der Waals surface area contributed by atoms with Gasteiger partial charge in [-0.15, -0.1) is 0 Å². The number of ketones is 2. The van der Waals surface area contributed by atoms with Crippen LogP contribution in [0.15, 0.2) is 34.6 Å². The summed E-state index contributed by atoms with van der Waals surface area (Å²) in [6.07, 6.45) is 9.64. The Morgan fingerprint density at radius 2 is 2.04 bits per heavy atom. The van der Waals surface area contributed by atoms with E-state index in [0.29, 0.717) is 29.2 Å². The van der Waals surface area contributed by atoms with E-state index in [1.807, 2.05) is 6.92 Å². The highest BCUT2D eigenvalue weighted by atomic mass is 16.5. The zero-order valence-corrected chi connectivity index (χ0v) is 14.4. The molecular formula is C20H26O3. The van der Waals surface area contributed by atoms with Crippen molar-refractivity contribution in [3.8, 4) is 0 Å². The summed E-state index contributed by atoms with van der Waals surface area (Å²) in [4.78, 5) is 25.5. The summed E-state index contributed by atoms with van der Waals surface area (Å²) >= 11 is 0. The molecule has 0 aromatic carbocycles. The maximum atomic E-state index is 12.8. The predicted molar refractivity (Wildman–Crippen MR) is 89.8 cm³/mol. The van der Waals surface area contributed by atoms with E-state index >= 15 is 0 Å². The number of unbranched alkanes of at least 4 members (excludes halogenated alkanes) is 2. The topological polar surface area (TPSA) is 43.4 Å². The van der Waals surface area contributed by atoms with E-state index in [4.69, 9.17) is 4.74 Å². The fourth-order valence-corrected chi connectivity index (χ4v) is 4.05. The average molecular weight is 314 g/mol. The Bertz CT molecular complexity index is 621. The molecule has 0 saturated heterocycles. The van der Waals surface area contributed by atoms with Gasteiger partial charge >= 0.3 is 0 Å². The number of carbonyl (C=O) groups is 2. The van der Waals surface area contributed by atoms with Gasteiger partial charge in [0, 0.05) is 17.4 Å². The zero-order valence-electron chi connectivity index (χ0n) is 14.4. The third-order valence-corrected chi connectivity index (χ3v) is 5.40. The molecule has 3 nitrogen and oxygen atoms in total. The summed E-state index contributed by atoms with van der Waals surface area (Å²) < 4.78 is 5.95. The summed E-state index contributed by atoms with van der Waals surface area (Å²) in [5.41, 5.74) is 2.55. The van der Waals surface area contributed by atoms with E-state index < -0.39 is 0 Å². The Balaban J connectivity index is 1.92. The Morgan fingerprint density at radius 3 is 2.78 bits per heavy atom. The van der Waals surface area contributed by atoms with Crippen LogP contribution < -0.4 is 0 Å². The second-order valence-electron chi connectivity index (χ2n) is 7.13. The second kappa shape index (κ2) is 6.46. The Morgan fingerprint density at radius 1 is 1.26 bits per heavy atom. The lowest BCUT2D eigenvalue weighted by Crippen LogP contribution is -2.40. The van der Waals surface area contributed by atoms with Crippen molar-refractivity contribution in [3.63, 3.8) is 0 Å². The third-order valence-electron chi connectivity index (χ3n) is 5.40. The number of fused-ring (bicyclic) bond motifs is 2. The predicted octanol–water partition coefficient (Wildman–Crippen LogP) is 4.29. The van der Waals surface area contributed by atoms with Crippen molar-refractivity contribution in [2.24, 2.45) is 11.8 Å². The van der Waals surface area contributed by atoms with Gasteiger partial charge in [-0.25, -0.2) is 0 Å². The Hall–Kier alpha value is -1.64. The van der Waals surface area contributed by atoms with Crippen LogP contribution in [0.3, 0.4) is 0 Å². The molecule has 0 spiro atoms. The molecule has 1 heterocycles. The number of hydrogen-bond donors (Lipinski definition) is 0. The summed E-state index contributed by atoms with van der Waals surface area (Å²) in [5.74, 6) is 0.622. The fourth-order valence-electron chi connectivity index (χ4n) is 4.05. The van der Waals surface area contributed by atoms with E-state index in [0.717, 1.165) is 32.1 Å². The van der Waals surface area contributed by atoms with Crippen LogP contribution >= 0.6 is 0 Å². The third kappa shape index (κ3) is 2.93. The largest absolute Gasteiger partial charge is 0.486 e. The van der Waals surface area contributed by atoms with Crippen molar-refractivity contribution in [1.29, 1.82) is 0 Å². The van der Waals surface area contributed by atoms with Crippen molar-refractivity contribution < 1.29 is 14.3 Å².